The SMILES string of the molecule is C=C(c1cc(C)c(C)c(C)c1)N1CC2CC3CC1C32. The molecule has 0 spiro atoms. The van der Waals surface area contributed by atoms with Crippen LogP contribution < -0.4 is 0 Å². The number of nitrogens with zero attached hydrogens (tertiary/aromatic N) is 1. The molecule has 4 rings (SSSR count). The van der Waals surface area contributed by atoms with Gasteiger partial charge in [-0.1, -0.05) is 6.58 Å². The molecule has 19 heavy (non-hydrogen) atoms. The van der Waals surface area contributed by atoms with Crippen molar-refractivity contribution in [2.45, 2.75) is 39.7 Å². The molecular weight excluding hydrogens is 230 g/mol. The Morgan fingerprint density at radius 2 is 1.79 bits per heavy atom. The third kappa shape index (κ3) is 1.42. The summed E-state index contributed by atoms with van der Waals surface area (Å²) < 4.78 is 0. The first-order valence-electron chi connectivity index (χ1n) is 7.60. The van der Waals surface area contributed by atoms with Crippen molar-refractivity contribution in [2.75, 3.05) is 6.54 Å². The van der Waals surface area contributed by atoms with Gasteiger partial charge in [0.2, 0.25) is 0 Å². The maximum Gasteiger partial charge on any atom is 0.0369 e. The van der Waals surface area contributed by atoms with E-state index in [2.05, 4.69) is 44.4 Å². The Morgan fingerprint density at radius 1 is 1.11 bits per heavy atom. The molecule has 1 aromatic carbocycles. The Labute approximate surface area is 116 Å². The van der Waals surface area contributed by atoms with Crippen molar-refractivity contribution >= 4 is 5.70 Å². The van der Waals surface area contributed by atoms with Crippen molar-refractivity contribution < 1.29 is 0 Å². The van der Waals surface area contributed by atoms with E-state index in [1.165, 1.54) is 47.3 Å². The van der Waals surface area contributed by atoms with Crippen molar-refractivity contribution in [3.05, 3.63) is 41.0 Å². The van der Waals surface area contributed by atoms with E-state index in [4.69, 9.17) is 0 Å². The van der Waals surface area contributed by atoms with Crippen LogP contribution in [0.5, 0.6) is 0 Å². The van der Waals surface area contributed by atoms with Crippen molar-refractivity contribution in [3.8, 4) is 0 Å². The molecule has 1 aromatic rings. The fourth-order valence-corrected chi connectivity index (χ4v) is 4.64. The van der Waals surface area contributed by atoms with Gasteiger partial charge in [0.25, 0.3) is 0 Å². The molecule has 100 valence electrons. The molecule has 1 heteroatoms. The maximum absolute atomic E-state index is 4.42. The highest BCUT2D eigenvalue weighted by Crippen LogP contribution is 2.61. The van der Waals surface area contributed by atoms with Crippen LogP contribution >= 0.6 is 0 Å². The Bertz CT molecular complexity index is 548. The second-order valence-corrected chi connectivity index (χ2v) is 6.97. The van der Waals surface area contributed by atoms with Crippen molar-refractivity contribution in [1.82, 2.24) is 4.90 Å². The third-order valence-corrected chi connectivity index (χ3v) is 6.12. The molecule has 0 radical (unpaired) electrons. The van der Waals surface area contributed by atoms with Crippen LogP contribution in [0.4, 0.5) is 0 Å². The van der Waals surface area contributed by atoms with Gasteiger partial charge in [0.15, 0.2) is 0 Å². The second kappa shape index (κ2) is 3.65. The molecule has 1 aliphatic heterocycles. The van der Waals surface area contributed by atoms with Crippen molar-refractivity contribution in [2.24, 2.45) is 17.8 Å². The molecule has 0 N–H and O–H groups in total. The molecule has 4 atom stereocenters. The normalized spacial score (nSPS) is 34.6. The lowest BCUT2D eigenvalue weighted by Crippen LogP contribution is -2.52. The summed E-state index contributed by atoms with van der Waals surface area (Å²) in [6, 6.07) is 5.46. The van der Waals surface area contributed by atoms with Crippen LogP contribution in [0.25, 0.3) is 5.70 Å². The smallest absolute Gasteiger partial charge is 0.0369 e. The molecule has 0 amide bonds. The fourth-order valence-electron chi connectivity index (χ4n) is 4.64. The first-order valence-corrected chi connectivity index (χ1v) is 7.60. The summed E-state index contributed by atoms with van der Waals surface area (Å²) in [5.41, 5.74) is 6.81. The average Bonchev–Trinajstić information content (AvgIpc) is 2.52. The van der Waals surface area contributed by atoms with Crippen LogP contribution in [-0.2, 0) is 0 Å². The van der Waals surface area contributed by atoms with Gasteiger partial charge in [-0.2, -0.15) is 0 Å². The molecule has 4 unspecified atom stereocenters. The summed E-state index contributed by atoms with van der Waals surface area (Å²) in [6.45, 7) is 12.3. The summed E-state index contributed by atoms with van der Waals surface area (Å²) in [7, 11) is 0. The van der Waals surface area contributed by atoms with Crippen LogP contribution in [0.1, 0.15) is 35.1 Å². The van der Waals surface area contributed by atoms with Gasteiger partial charge in [-0.3, -0.25) is 0 Å². The van der Waals surface area contributed by atoms with Gasteiger partial charge in [0.05, 0.1) is 0 Å². The lowest BCUT2D eigenvalue weighted by Gasteiger charge is -2.53. The highest BCUT2D eigenvalue weighted by atomic mass is 15.2. The topological polar surface area (TPSA) is 3.24 Å². The standard InChI is InChI=1S/C18H23N/c1-10-5-14(6-11(2)12(10)3)13(4)19-9-16-7-15-8-17(19)18(15)16/h5-6,15-18H,4,7-9H2,1-3H3. The third-order valence-electron chi connectivity index (χ3n) is 6.12. The van der Waals surface area contributed by atoms with E-state index < -0.39 is 0 Å². The number of hydrogen-bond donors (Lipinski definition) is 0. The van der Waals surface area contributed by atoms with Crippen LogP contribution in [0, 0.1) is 38.5 Å². The van der Waals surface area contributed by atoms with E-state index >= 15 is 0 Å². The minimum atomic E-state index is 0.818. The van der Waals surface area contributed by atoms with Gasteiger partial charge in [0.1, 0.15) is 0 Å². The largest absolute Gasteiger partial charge is 0.368 e. The Hall–Kier alpha value is -1.24. The summed E-state index contributed by atoms with van der Waals surface area (Å²) in [4.78, 5) is 2.61. The minimum absolute atomic E-state index is 0.818. The lowest BCUT2D eigenvalue weighted by molar-refractivity contribution is -0.0151. The molecule has 1 saturated heterocycles. The molecule has 0 aromatic heterocycles. The Kier molecular flexibility index (Phi) is 2.23. The first-order chi connectivity index (χ1) is 9.06. The Morgan fingerprint density at radius 3 is 2.37 bits per heavy atom. The minimum Gasteiger partial charge on any atom is -0.368 e. The zero-order chi connectivity index (χ0) is 13.3. The molecule has 3 fully saturated rings. The molecular formula is C18H23N. The van der Waals surface area contributed by atoms with Crippen LogP contribution in [0.2, 0.25) is 0 Å². The van der Waals surface area contributed by atoms with Crippen molar-refractivity contribution in [3.63, 3.8) is 0 Å². The molecule has 0 bridgehead atoms. The van der Waals surface area contributed by atoms with E-state index in [-0.39, 0.29) is 0 Å². The predicted octanol–water partition coefficient (Wildman–Crippen LogP) is 3.92. The number of rotatable bonds is 2. The molecule has 1 heterocycles. The molecule has 2 saturated carbocycles. The van der Waals surface area contributed by atoms with Crippen LogP contribution in [-0.4, -0.2) is 17.5 Å². The molecule has 2 aliphatic carbocycles. The Balaban J connectivity index is 1.64. The van der Waals surface area contributed by atoms with E-state index in [1.807, 2.05) is 0 Å². The summed E-state index contributed by atoms with van der Waals surface area (Å²) >= 11 is 0. The highest BCUT2D eigenvalue weighted by molar-refractivity contribution is 5.65. The van der Waals surface area contributed by atoms with Crippen LogP contribution in [0.3, 0.4) is 0 Å². The number of likely N-dealkylation sites (tertiary alicyclic amines) is 1. The average molecular weight is 253 g/mol. The van der Waals surface area contributed by atoms with Crippen molar-refractivity contribution in [1.29, 1.82) is 0 Å². The predicted molar refractivity (Wildman–Crippen MR) is 79.9 cm³/mol. The summed E-state index contributed by atoms with van der Waals surface area (Å²) in [5.74, 6) is 3.06. The summed E-state index contributed by atoms with van der Waals surface area (Å²) in [6.07, 6.45) is 2.90. The van der Waals surface area contributed by atoms with E-state index in [1.54, 1.807) is 0 Å². The number of benzene rings is 1. The second-order valence-electron chi connectivity index (χ2n) is 6.97. The van der Waals surface area contributed by atoms with E-state index in [9.17, 15) is 0 Å². The fraction of sp³-hybridized carbons (Fsp3) is 0.556. The summed E-state index contributed by atoms with van der Waals surface area (Å²) in [5, 5.41) is 0. The highest BCUT2D eigenvalue weighted by Gasteiger charge is 2.60. The van der Waals surface area contributed by atoms with Gasteiger partial charge in [0, 0.05) is 18.3 Å². The van der Waals surface area contributed by atoms with Gasteiger partial charge in [-0.25, -0.2) is 0 Å². The van der Waals surface area contributed by atoms with Gasteiger partial charge in [-0.05, 0) is 85.8 Å². The van der Waals surface area contributed by atoms with E-state index in [0.717, 1.165) is 23.8 Å². The van der Waals surface area contributed by atoms with Gasteiger partial charge < -0.3 is 4.90 Å². The lowest BCUT2D eigenvalue weighted by atomic mass is 9.53. The molecule has 3 aliphatic rings. The van der Waals surface area contributed by atoms with Crippen LogP contribution in [0.15, 0.2) is 18.7 Å². The van der Waals surface area contributed by atoms with Gasteiger partial charge in [-0.15, -0.1) is 0 Å². The maximum atomic E-state index is 4.42. The van der Waals surface area contributed by atoms with E-state index in [0.29, 0.717) is 0 Å². The number of aryl methyl sites for hydroxylation is 2. The quantitative estimate of drug-likeness (QED) is 0.772. The number of hydrogen-bond acceptors (Lipinski definition) is 1. The first kappa shape index (κ1) is 11.6. The zero-order valence-corrected chi connectivity index (χ0v) is 12.2. The molecule has 1 nitrogen and oxygen atoms in total. The van der Waals surface area contributed by atoms with Gasteiger partial charge >= 0.3 is 0 Å². The monoisotopic (exact) mass is 253 g/mol. The zero-order valence-electron chi connectivity index (χ0n) is 12.2.